The summed E-state index contributed by atoms with van der Waals surface area (Å²) in [5, 5.41) is 0. The summed E-state index contributed by atoms with van der Waals surface area (Å²) in [6, 6.07) is 0. The Kier molecular flexibility index (Phi) is 3.35. The molecule has 1 radical (unpaired) electrons. The van der Waals surface area contributed by atoms with Crippen LogP contribution in [0.5, 0.6) is 0 Å². The third kappa shape index (κ3) is 1.39. The summed E-state index contributed by atoms with van der Waals surface area (Å²) in [7, 11) is 0. The van der Waals surface area contributed by atoms with Crippen molar-refractivity contribution in [2.75, 3.05) is 6.61 Å². The molecule has 0 amide bonds. The van der Waals surface area contributed by atoms with Gasteiger partial charge in [-0.3, -0.25) is 0 Å². The maximum Gasteiger partial charge on any atom is 1.00 e. The quantitative estimate of drug-likeness (QED) is 0.489. The monoisotopic (exact) mass is 230 g/mol. The zero-order valence-electron chi connectivity index (χ0n) is 10.1. The molecule has 2 heteroatoms. The van der Waals surface area contributed by atoms with Crippen LogP contribution >= 0.6 is 0 Å². The summed E-state index contributed by atoms with van der Waals surface area (Å²) in [5.74, 6) is 3.00. The molecule has 0 heterocycles. The second kappa shape index (κ2) is 3.93. The van der Waals surface area contributed by atoms with Crippen LogP contribution in [0.3, 0.4) is 0 Å². The van der Waals surface area contributed by atoms with E-state index in [2.05, 4.69) is 20.4 Å². The average molecular weight is 230 g/mol. The molecule has 77 valence electrons. The predicted molar refractivity (Wildman–Crippen MR) is 56.4 cm³/mol. The molecule has 15 heavy (non-hydrogen) atoms. The van der Waals surface area contributed by atoms with E-state index in [9.17, 15) is 0 Å². The summed E-state index contributed by atoms with van der Waals surface area (Å²) in [4.78, 5) is 0. The molecule has 4 saturated carbocycles. The standard InChI is InChI=1S/C13H19O.K/c1-4-5-14-8-12(2)9-6-10-11(7-9)13(10,12)3;/h4-5,9-11H,1,6-8H2,2-3H3;/q;+1/t9?,10-,11+,12-,13?;/m1./s1. The third-order valence-electron chi connectivity index (χ3n) is 5.70. The molecule has 4 aliphatic rings. The van der Waals surface area contributed by atoms with Gasteiger partial charge in [-0.05, 0) is 41.4 Å². The summed E-state index contributed by atoms with van der Waals surface area (Å²) in [6.07, 6.45) is 4.67. The van der Waals surface area contributed by atoms with Gasteiger partial charge in [0.2, 0.25) is 0 Å². The molecular formula is C13H19KO+. The Labute approximate surface area is 135 Å². The van der Waals surface area contributed by atoms with Crippen molar-refractivity contribution in [1.82, 2.24) is 0 Å². The number of rotatable bonds is 4. The Morgan fingerprint density at radius 2 is 1.93 bits per heavy atom. The molecule has 1 nitrogen and oxygen atoms in total. The molecule has 0 spiro atoms. The Morgan fingerprint density at radius 3 is 2.33 bits per heavy atom. The van der Waals surface area contributed by atoms with Crippen LogP contribution < -0.4 is 51.4 Å². The number of hydrogen-bond acceptors (Lipinski definition) is 1. The minimum absolute atomic E-state index is 0. The van der Waals surface area contributed by atoms with Crippen LogP contribution in [0.15, 0.2) is 12.7 Å². The molecule has 4 rings (SSSR count). The second-order valence-corrected chi connectivity index (χ2v) is 5.76. The maximum absolute atomic E-state index is 5.59. The van der Waals surface area contributed by atoms with Gasteiger partial charge in [0.05, 0.1) is 6.61 Å². The SMILES string of the molecule is C=C[CH]OC[C@]1(C)C2C[C@@H]3[C@H](C2)C31C.[K+]. The van der Waals surface area contributed by atoms with Crippen molar-refractivity contribution < 1.29 is 56.1 Å². The van der Waals surface area contributed by atoms with Gasteiger partial charge < -0.3 is 4.74 Å². The summed E-state index contributed by atoms with van der Waals surface area (Å²) in [6.45, 7) is 11.2. The first-order valence-corrected chi connectivity index (χ1v) is 5.70. The average Bonchev–Trinajstić information content (AvgIpc) is 2.56. The van der Waals surface area contributed by atoms with Crippen molar-refractivity contribution in [1.29, 1.82) is 0 Å². The van der Waals surface area contributed by atoms with E-state index >= 15 is 0 Å². The molecule has 0 N–H and O–H groups in total. The molecule has 5 atom stereocenters. The van der Waals surface area contributed by atoms with E-state index in [4.69, 9.17) is 4.74 Å². The Hall–Kier alpha value is 1.34. The first-order chi connectivity index (χ1) is 6.64. The topological polar surface area (TPSA) is 9.23 Å². The van der Waals surface area contributed by atoms with Gasteiger partial charge in [-0.2, -0.15) is 0 Å². The molecule has 0 aromatic rings. The minimum atomic E-state index is 0. The number of hydrogen-bond donors (Lipinski definition) is 0. The molecule has 0 aromatic carbocycles. The van der Waals surface area contributed by atoms with Gasteiger partial charge in [-0.15, -0.1) is 6.58 Å². The Morgan fingerprint density at radius 1 is 1.33 bits per heavy atom. The fourth-order valence-corrected chi connectivity index (χ4v) is 4.60. The zero-order chi connectivity index (χ0) is 9.97. The van der Waals surface area contributed by atoms with E-state index in [1.54, 1.807) is 12.7 Å². The first-order valence-electron chi connectivity index (χ1n) is 5.70. The molecule has 0 saturated heterocycles. The third-order valence-corrected chi connectivity index (χ3v) is 5.70. The van der Waals surface area contributed by atoms with Crippen molar-refractivity contribution in [3.05, 3.63) is 19.3 Å². The first kappa shape index (κ1) is 12.8. The van der Waals surface area contributed by atoms with E-state index in [-0.39, 0.29) is 51.4 Å². The van der Waals surface area contributed by atoms with Crippen LogP contribution in [0, 0.1) is 35.2 Å². The van der Waals surface area contributed by atoms with Gasteiger partial charge in [-0.25, -0.2) is 0 Å². The van der Waals surface area contributed by atoms with Gasteiger partial charge in [0.1, 0.15) is 6.61 Å². The molecule has 0 aliphatic heterocycles. The van der Waals surface area contributed by atoms with Crippen molar-refractivity contribution >= 4 is 0 Å². The van der Waals surface area contributed by atoms with Crippen molar-refractivity contribution in [2.45, 2.75) is 26.7 Å². The normalized spacial score (nSPS) is 53.9. The van der Waals surface area contributed by atoms with Gasteiger partial charge in [0, 0.05) is 0 Å². The summed E-state index contributed by atoms with van der Waals surface area (Å²) >= 11 is 0. The van der Waals surface area contributed by atoms with E-state index in [1.807, 2.05) is 0 Å². The van der Waals surface area contributed by atoms with Crippen LogP contribution in [-0.2, 0) is 4.74 Å². The molecule has 4 fully saturated rings. The van der Waals surface area contributed by atoms with Crippen LogP contribution in [0.1, 0.15) is 26.7 Å². The number of ether oxygens (including phenoxy) is 1. The summed E-state index contributed by atoms with van der Waals surface area (Å²) < 4.78 is 5.59. The summed E-state index contributed by atoms with van der Waals surface area (Å²) in [5.41, 5.74) is 1.06. The molecular weight excluding hydrogens is 211 g/mol. The van der Waals surface area contributed by atoms with Gasteiger partial charge in [0.25, 0.3) is 0 Å². The van der Waals surface area contributed by atoms with Crippen molar-refractivity contribution in [2.24, 2.45) is 28.6 Å². The Balaban J connectivity index is 0.000000853. The largest absolute Gasteiger partial charge is 1.00 e. The van der Waals surface area contributed by atoms with Crippen LogP contribution in [0.2, 0.25) is 0 Å². The second-order valence-electron chi connectivity index (χ2n) is 5.76. The fourth-order valence-electron chi connectivity index (χ4n) is 4.60. The molecule has 4 bridgehead atoms. The van der Waals surface area contributed by atoms with E-state index in [0.717, 1.165) is 24.4 Å². The smallest absolute Gasteiger partial charge is 0.371 e. The zero-order valence-corrected chi connectivity index (χ0v) is 13.2. The van der Waals surface area contributed by atoms with Gasteiger partial charge >= 0.3 is 51.4 Å². The fraction of sp³-hybridized carbons (Fsp3) is 0.769. The molecule has 4 aliphatic carbocycles. The van der Waals surface area contributed by atoms with E-state index < -0.39 is 0 Å². The van der Waals surface area contributed by atoms with E-state index in [1.165, 1.54) is 12.8 Å². The minimum Gasteiger partial charge on any atom is -0.371 e. The van der Waals surface area contributed by atoms with Crippen molar-refractivity contribution in [3.8, 4) is 0 Å². The van der Waals surface area contributed by atoms with E-state index in [0.29, 0.717) is 10.8 Å². The maximum atomic E-state index is 5.59. The van der Waals surface area contributed by atoms with Gasteiger partial charge in [0.15, 0.2) is 0 Å². The molecule has 0 aromatic heterocycles. The molecule has 2 unspecified atom stereocenters. The van der Waals surface area contributed by atoms with Crippen LogP contribution in [-0.4, -0.2) is 6.61 Å². The van der Waals surface area contributed by atoms with Crippen LogP contribution in [0.25, 0.3) is 0 Å². The van der Waals surface area contributed by atoms with Crippen LogP contribution in [0.4, 0.5) is 0 Å². The Bertz CT molecular complexity index is 276. The van der Waals surface area contributed by atoms with Crippen molar-refractivity contribution in [3.63, 3.8) is 0 Å². The van der Waals surface area contributed by atoms with Gasteiger partial charge in [-0.1, -0.05) is 19.9 Å². The predicted octanol–water partition coefficient (Wildman–Crippen LogP) is 0.0370.